The zero-order valence-corrected chi connectivity index (χ0v) is 16.6. The molecule has 1 aliphatic rings. The summed E-state index contributed by atoms with van der Waals surface area (Å²) >= 11 is 0. The molecule has 4 rings (SSSR count). The highest BCUT2D eigenvalue weighted by molar-refractivity contribution is 5.94. The van der Waals surface area contributed by atoms with Crippen molar-refractivity contribution in [3.05, 3.63) is 69.6 Å². The van der Waals surface area contributed by atoms with Gasteiger partial charge in [0.1, 0.15) is 11.3 Å². The maximum absolute atomic E-state index is 11.8. The Morgan fingerprint density at radius 3 is 2.41 bits per heavy atom. The fraction of sp³-hybridized carbons (Fsp3) is 0.304. The molecule has 0 bridgehead atoms. The zero-order valence-electron chi connectivity index (χ0n) is 16.6. The normalized spacial score (nSPS) is 15.0. The third-order valence-corrected chi connectivity index (χ3v) is 5.59. The van der Waals surface area contributed by atoms with Gasteiger partial charge in [0.2, 0.25) is 0 Å². The molecule has 0 unspecified atom stereocenters. The third kappa shape index (κ3) is 3.89. The minimum absolute atomic E-state index is 0.0677. The highest BCUT2D eigenvalue weighted by Crippen LogP contribution is 2.30. The number of aromatic hydroxyl groups is 1. The summed E-state index contributed by atoms with van der Waals surface area (Å²) in [6.45, 7) is 7.28. The first kappa shape index (κ1) is 19.2. The van der Waals surface area contributed by atoms with Crippen molar-refractivity contribution in [3.63, 3.8) is 0 Å². The number of fused-ring (bicyclic) bond motifs is 1. The van der Waals surface area contributed by atoms with Gasteiger partial charge >= 0.3 is 5.63 Å². The summed E-state index contributed by atoms with van der Waals surface area (Å²) in [5, 5.41) is 11.2. The summed E-state index contributed by atoms with van der Waals surface area (Å²) in [6, 6.07) is 12.6. The molecule has 0 atom stereocenters. The van der Waals surface area contributed by atoms with Crippen molar-refractivity contribution in [2.45, 2.75) is 20.4 Å². The van der Waals surface area contributed by atoms with Crippen LogP contribution in [0.4, 0.5) is 5.69 Å². The number of Topliss-reactive ketones (excluding diaryl/α,β-unsaturated/α-hetero) is 1. The molecule has 2 aromatic carbocycles. The number of carbonyl (C=O) groups is 1. The van der Waals surface area contributed by atoms with Crippen molar-refractivity contribution >= 4 is 22.4 Å². The average Bonchev–Trinajstić information content (AvgIpc) is 2.70. The van der Waals surface area contributed by atoms with Crippen molar-refractivity contribution in [2.24, 2.45) is 0 Å². The van der Waals surface area contributed by atoms with Gasteiger partial charge in [0.05, 0.1) is 5.56 Å². The Bertz CT molecular complexity index is 1110. The first-order chi connectivity index (χ1) is 13.9. The second kappa shape index (κ2) is 7.72. The predicted molar refractivity (Wildman–Crippen MR) is 113 cm³/mol. The number of hydrogen-bond donors (Lipinski definition) is 1. The van der Waals surface area contributed by atoms with E-state index in [9.17, 15) is 14.7 Å². The molecule has 150 valence electrons. The van der Waals surface area contributed by atoms with E-state index in [1.54, 1.807) is 19.1 Å². The van der Waals surface area contributed by atoms with E-state index in [1.807, 2.05) is 31.2 Å². The van der Waals surface area contributed by atoms with E-state index in [0.29, 0.717) is 17.7 Å². The largest absolute Gasteiger partial charge is 0.507 e. The van der Waals surface area contributed by atoms with E-state index in [2.05, 4.69) is 9.80 Å². The van der Waals surface area contributed by atoms with Gasteiger partial charge in [-0.15, -0.1) is 0 Å². The molecule has 1 aliphatic heterocycles. The number of benzene rings is 2. The molecule has 1 fully saturated rings. The first-order valence-corrected chi connectivity index (χ1v) is 9.76. The summed E-state index contributed by atoms with van der Waals surface area (Å²) in [6.07, 6.45) is 0. The van der Waals surface area contributed by atoms with Crippen LogP contribution < -0.4 is 10.5 Å². The SMILES string of the molecule is CC(=O)c1ccc(N2CCN(Cc3c(O)ccc4c(C)cc(=O)oc34)CC2)cc1. The van der Waals surface area contributed by atoms with Gasteiger partial charge in [-0.3, -0.25) is 9.69 Å². The quantitative estimate of drug-likeness (QED) is 0.542. The Labute approximate surface area is 169 Å². The van der Waals surface area contributed by atoms with E-state index in [1.165, 1.54) is 6.07 Å². The van der Waals surface area contributed by atoms with E-state index in [-0.39, 0.29) is 11.5 Å². The topological polar surface area (TPSA) is 74.0 Å². The highest BCUT2D eigenvalue weighted by Gasteiger charge is 2.21. The van der Waals surface area contributed by atoms with Gasteiger partial charge in [-0.05, 0) is 55.8 Å². The number of ketones is 1. The van der Waals surface area contributed by atoms with Gasteiger partial charge in [-0.2, -0.15) is 0 Å². The molecule has 0 saturated carbocycles. The molecular formula is C23H24N2O4. The monoisotopic (exact) mass is 392 g/mol. The molecule has 0 radical (unpaired) electrons. The van der Waals surface area contributed by atoms with Gasteiger partial charge in [0, 0.05) is 55.4 Å². The molecular weight excluding hydrogens is 368 g/mol. The van der Waals surface area contributed by atoms with Crippen molar-refractivity contribution in [1.29, 1.82) is 0 Å². The number of anilines is 1. The Kier molecular flexibility index (Phi) is 5.11. The summed E-state index contributed by atoms with van der Waals surface area (Å²) < 4.78 is 5.44. The predicted octanol–water partition coefficient (Wildman–Crippen LogP) is 3.33. The Hall–Kier alpha value is -3.12. The van der Waals surface area contributed by atoms with E-state index in [0.717, 1.165) is 48.4 Å². The van der Waals surface area contributed by atoms with Crippen LogP contribution in [-0.4, -0.2) is 42.0 Å². The minimum Gasteiger partial charge on any atom is -0.507 e. The molecule has 6 heteroatoms. The Balaban J connectivity index is 1.49. The van der Waals surface area contributed by atoms with Crippen molar-refractivity contribution in [3.8, 4) is 5.75 Å². The molecule has 0 aliphatic carbocycles. The van der Waals surface area contributed by atoms with Gasteiger partial charge in [-0.25, -0.2) is 4.79 Å². The molecule has 1 saturated heterocycles. The van der Waals surface area contributed by atoms with Gasteiger partial charge in [0.15, 0.2) is 5.78 Å². The Morgan fingerprint density at radius 2 is 1.76 bits per heavy atom. The number of nitrogens with zero attached hydrogens (tertiary/aromatic N) is 2. The lowest BCUT2D eigenvalue weighted by Crippen LogP contribution is -2.46. The molecule has 2 heterocycles. The van der Waals surface area contributed by atoms with Crippen LogP contribution in [0.2, 0.25) is 0 Å². The minimum atomic E-state index is -0.402. The zero-order chi connectivity index (χ0) is 20.5. The molecule has 29 heavy (non-hydrogen) atoms. The Morgan fingerprint density at radius 1 is 1.07 bits per heavy atom. The molecule has 1 aromatic heterocycles. The molecule has 6 nitrogen and oxygen atoms in total. The molecule has 0 spiro atoms. The molecule has 0 amide bonds. The maximum atomic E-state index is 11.8. The lowest BCUT2D eigenvalue weighted by atomic mass is 10.1. The number of phenols is 1. The second-order valence-electron chi connectivity index (χ2n) is 7.55. The fourth-order valence-corrected chi connectivity index (χ4v) is 3.88. The third-order valence-electron chi connectivity index (χ3n) is 5.59. The number of rotatable bonds is 4. The fourth-order valence-electron chi connectivity index (χ4n) is 3.88. The van der Waals surface area contributed by atoms with Crippen LogP contribution in [0.15, 0.2) is 51.7 Å². The van der Waals surface area contributed by atoms with Crippen LogP contribution in [0.5, 0.6) is 5.75 Å². The van der Waals surface area contributed by atoms with Gasteiger partial charge in [0.25, 0.3) is 0 Å². The van der Waals surface area contributed by atoms with Crippen molar-refractivity contribution < 1.29 is 14.3 Å². The summed E-state index contributed by atoms with van der Waals surface area (Å²) in [5.41, 5.74) is 3.39. The van der Waals surface area contributed by atoms with Crippen molar-refractivity contribution in [2.75, 3.05) is 31.1 Å². The van der Waals surface area contributed by atoms with Crippen LogP contribution in [0.3, 0.4) is 0 Å². The van der Waals surface area contributed by atoms with Crippen LogP contribution in [0.25, 0.3) is 11.0 Å². The van der Waals surface area contributed by atoms with Gasteiger partial charge < -0.3 is 14.4 Å². The van der Waals surface area contributed by atoms with E-state index >= 15 is 0 Å². The number of carbonyl (C=O) groups excluding carboxylic acids is 1. The lowest BCUT2D eigenvalue weighted by molar-refractivity contribution is 0.101. The standard InChI is InChI=1S/C23H24N2O4/c1-15-13-22(28)29-23-19(15)7-8-21(27)20(23)14-24-9-11-25(12-10-24)18-5-3-17(4-6-18)16(2)26/h3-8,13,27H,9-12,14H2,1-2H3. The van der Waals surface area contributed by atoms with Crippen LogP contribution >= 0.6 is 0 Å². The summed E-state index contributed by atoms with van der Waals surface area (Å²) in [4.78, 5) is 27.8. The number of aryl methyl sites for hydroxylation is 1. The highest BCUT2D eigenvalue weighted by atomic mass is 16.4. The number of piperazine rings is 1. The smallest absolute Gasteiger partial charge is 0.336 e. The number of phenolic OH excluding ortho intramolecular Hbond substituents is 1. The molecule has 1 N–H and O–H groups in total. The molecule has 3 aromatic rings. The van der Waals surface area contributed by atoms with Crippen LogP contribution in [0, 0.1) is 6.92 Å². The first-order valence-electron chi connectivity index (χ1n) is 9.76. The van der Waals surface area contributed by atoms with E-state index < -0.39 is 5.63 Å². The van der Waals surface area contributed by atoms with Crippen LogP contribution in [-0.2, 0) is 6.54 Å². The summed E-state index contributed by atoms with van der Waals surface area (Å²) in [5.74, 6) is 0.214. The number of hydrogen-bond acceptors (Lipinski definition) is 6. The van der Waals surface area contributed by atoms with Crippen LogP contribution in [0.1, 0.15) is 28.4 Å². The van der Waals surface area contributed by atoms with Crippen molar-refractivity contribution in [1.82, 2.24) is 4.90 Å². The van der Waals surface area contributed by atoms with Gasteiger partial charge in [-0.1, -0.05) is 0 Å². The maximum Gasteiger partial charge on any atom is 0.336 e. The van der Waals surface area contributed by atoms with E-state index in [4.69, 9.17) is 4.42 Å². The summed E-state index contributed by atoms with van der Waals surface area (Å²) in [7, 11) is 0. The lowest BCUT2D eigenvalue weighted by Gasteiger charge is -2.36. The average molecular weight is 392 g/mol. The second-order valence-corrected chi connectivity index (χ2v) is 7.55.